The molecular formula is C21H21Cl2N5O3S. The van der Waals surface area contributed by atoms with Crippen molar-refractivity contribution in [2.45, 2.75) is 30.6 Å². The average molecular weight is 494 g/mol. The third-order valence-corrected chi connectivity index (χ3v) is 6.33. The molecule has 2 aromatic heterocycles. The zero-order chi connectivity index (χ0) is 22.5. The van der Waals surface area contributed by atoms with Crippen LogP contribution in [0.25, 0.3) is 11.4 Å². The molecule has 3 aromatic rings. The molecule has 0 radical (unpaired) electrons. The summed E-state index contributed by atoms with van der Waals surface area (Å²) in [4.78, 5) is 16.5. The SMILES string of the molecule is COc1ccc(-c2nnc(SCC(=O)Nc3ncc(Cl)cc3Cl)n2C[C@H]2CCCO2)cc1. The van der Waals surface area contributed by atoms with Crippen LogP contribution in [-0.2, 0) is 16.1 Å². The summed E-state index contributed by atoms with van der Waals surface area (Å²) in [7, 11) is 1.63. The number of benzene rings is 1. The van der Waals surface area contributed by atoms with E-state index in [-0.39, 0.29) is 28.6 Å². The number of ether oxygens (including phenoxy) is 2. The van der Waals surface area contributed by atoms with Gasteiger partial charge in [0.2, 0.25) is 5.91 Å². The first-order chi connectivity index (χ1) is 15.5. The van der Waals surface area contributed by atoms with Crippen LogP contribution < -0.4 is 10.1 Å². The molecule has 1 aliphatic heterocycles. The highest BCUT2D eigenvalue weighted by Crippen LogP contribution is 2.28. The van der Waals surface area contributed by atoms with Crippen LogP contribution >= 0.6 is 35.0 Å². The summed E-state index contributed by atoms with van der Waals surface area (Å²) in [6.07, 6.45) is 3.53. The Bertz CT molecular complexity index is 1090. The number of pyridine rings is 1. The summed E-state index contributed by atoms with van der Waals surface area (Å²) < 4.78 is 13.1. The quantitative estimate of drug-likeness (QED) is 0.459. The van der Waals surface area contributed by atoms with Crippen LogP contribution in [0.15, 0.2) is 41.7 Å². The monoisotopic (exact) mass is 493 g/mol. The number of carbonyl (C=O) groups is 1. The molecule has 0 saturated carbocycles. The molecule has 3 heterocycles. The lowest BCUT2D eigenvalue weighted by Crippen LogP contribution is -2.18. The first kappa shape index (κ1) is 22.8. The lowest BCUT2D eigenvalue weighted by Gasteiger charge is -2.15. The van der Waals surface area contributed by atoms with Crippen LogP contribution in [0.2, 0.25) is 10.0 Å². The Morgan fingerprint density at radius 3 is 2.81 bits per heavy atom. The molecule has 1 fully saturated rings. The van der Waals surface area contributed by atoms with E-state index in [0.29, 0.717) is 22.5 Å². The van der Waals surface area contributed by atoms with Crippen LogP contribution in [0.3, 0.4) is 0 Å². The van der Waals surface area contributed by atoms with E-state index in [4.69, 9.17) is 32.7 Å². The molecule has 1 amide bonds. The van der Waals surface area contributed by atoms with Gasteiger partial charge in [-0.15, -0.1) is 10.2 Å². The predicted molar refractivity (Wildman–Crippen MR) is 125 cm³/mol. The number of nitrogens with one attached hydrogen (secondary N) is 1. The van der Waals surface area contributed by atoms with Gasteiger partial charge in [-0.05, 0) is 43.2 Å². The number of carbonyl (C=O) groups excluding carboxylic acids is 1. The fraction of sp³-hybridized carbons (Fsp3) is 0.333. The number of nitrogens with zero attached hydrogens (tertiary/aromatic N) is 4. The Morgan fingerprint density at radius 1 is 1.31 bits per heavy atom. The molecule has 32 heavy (non-hydrogen) atoms. The first-order valence-corrected chi connectivity index (χ1v) is 11.7. The molecule has 1 aliphatic rings. The molecule has 168 valence electrons. The van der Waals surface area contributed by atoms with Crippen LogP contribution in [-0.4, -0.2) is 51.2 Å². The van der Waals surface area contributed by atoms with Gasteiger partial charge < -0.3 is 14.8 Å². The minimum absolute atomic E-state index is 0.0910. The number of aromatic nitrogens is 4. The maximum atomic E-state index is 12.5. The highest BCUT2D eigenvalue weighted by atomic mass is 35.5. The highest BCUT2D eigenvalue weighted by Gasteiger charge is 2.22. The minimum atomic E-state index is -0.260. The molecule has 4 rings (SSSR count). The number of hydrogen-bond donors (Lipinski definition) is 1. The van der Waals surface area contributed by atoms with E-state index in [9.17, 15) is 4.79 Å². The second-order valence-corrected chi connectivity index (χ2v) is 8.89. The van der Waals surface area contributed by atoms with E-state index in [2.05, 4.69) is 20.5 Å². The maximum absolute atomic E-state index is 12.5. The van der Waals surface area contributed by atoms with Gasteiger partial charge in [0.05, 0.1) is 35.6 Å². The van der Waals surface area contributed by atoms with E-state index >= 15 is 0 Å². The third-order valence-electron chi connectivity index (χ3n) is 4.87. The Morgan fingerprint density at radius 2 is 2.12 bits per heavy atom. The number of methoxy groups -OCH3 is 1. The topological polar surface area (TPSA) is 91.2 Å². The largest absolute Gasteiger partial charge is 0.497 e. The molecule has 0 bridgehead atoms. The van der Waals surface area contributed by atoms with Gasteiger partial charge in [0.15, 0.2) is 16.8 Å². The number of amides is 1. The second kappa shape index (κ2) is 10.5. The number of halogens is 2. The second-order valence-electron chi connectivity index (χ2n) is 7.10. The molecule has 11 heteroatoms. The minimum Gasteiger partial charge on any atom is -0.497 e. The van der Waals surface area contributed by atoms with E-state index in [1.54, 1.807) is 7.11 Å². The van der Waals surface area contributed by atoms with Crippen molar-refractivity contribution >= 4 is 46.7 Å². The molecule has 0 aliphatic carbocycles. The molecule has 1 atom stereocenters. The summed E-state index contributed by atoms with van der Waals surface area (Å²) in [6, 6.07) is 9.15. The van der Waals surface area contributed by atoms with Crippen molar-refractivity contribution in [2.75, 3.05) is 24.8 Å². The van der Waals surface area contributed by atoms with Crippen LogP contribution in [0.4, 0.5) is 5.82 Å². The lowest BCUT2D eigenvalue weighted by atomic mass is 10.2. The first-order valence-electron chi connectivity index (χ1n) is 9.96. The molecule has 1 aromatic carbocycles. The molecule has 8 nitrogen and oxygen atoms in total. The van der Waals surface area contributed by atoms with Gasteiger partial charge >= 0.3 is 0 Å². The summed E-state index contributed by atoms with van der Waals surface area (Å²) in [5, 5.41) is 12.7. The standard InChI is InChI=1S/C21H21Cl2N5O3S/c1-30-15-6-4-13(5-7-15)20-26-27-21(28(20)11-16-3-2-8-31-16)32-12-18(29)25-19-17(23)9-14(22)10-24-19/h4-7,9-10,16H,2-3,8,11-12H2,1H3,(H,24,25,29)/t16-/m1/s1. The van der Waals surface area contributed by atoms with E-state index in [1.807, 2.05) is 28.8 Å². The molecule has 1 saturated heterocycles. The Kier molecular flexibility index (Phi) is 7.51. The van der Waals surface area contributed by atoms with Gasteiger partial charge in [0, 0.05) is 18.4 Å². The van der Waals surface area contributed by atoms with Gasteiger partial charge in [0.25, 0.3) is 0 Å². The molecule has 0 unspecified atom stereocenters. The molecule has 0 spiro atoms. The fourth-order valence-corrected chi connectivity index (χ4v) is 4.49. The molecule has 1 N–H and O–H groups in total. The van der Waals surface area contributed by atoms with Crippen molar-refractivity contribution in [1.29, 1.82) is 0 Å². The third kappa shape index (κ3) is 5.53. The Balaban J connectivity index is 1.50. The van der Waals surface area contributed by atoms with Crippen LogP contribution in [0.5, 0.6) is 5.75 Å². The highest BCUT2D eigenvalue weighted by molar-refractivity contribution is 7.99. The van der Waals surface area contributed by atoms with Gasteiger partial charge in [-0.1, -0.05) is 35.0 Å². The number of rotatable bonds is 8. The Hall–Kier alpha value is -2.33. The van der Waals surface area contributed by atoms with Gasteiger partial charge in [-0.3, -0.25) is 9.36 Å². The van der Waals surface area contributed by atoms with E-state index < -0.39 is 0 Å². The predicted octanol–water partition coefficient (Wildman–Crippen LogP) is 4.57. The summed E-state index contributed by atoms with van der Waals surface area (Å²) in [6.45, 7) is 1.37. The maximum Gasteiger partial charge on any atom is 0.236 e. The van der Waals surface area contributed by atoms with Crippen LogP contribution in [0, 0.1) is 0 Å². The summed E-state index contributed by atoms with van der Waals surface area (Å²) in [5.41, 5.74) is 0.907. The normalized spacial score (nSPS) is 15.7. The van der Waals surface area contributed by atoms with Gasteiger partial charge in [-0.2, -0.15) is 0 Å². The summed E-state index contributed by atoms with van der Waals surface area (Å²) >= 11 is 13.2. The van der Waals surface area contributed by atoms with Gasteiger partial charge in [-0.25, -0.2) is 4.98 Å². The Labute approximate surface area is 199 Å². The average Bonchev–Trinajstić information content (AvgIpc) is 3.45. The lowest BCUT2D eigenvalue weighted by molar-refractivity contribution is -0.113. The zero-order valence-electron chi connectivity index (χ0n) is 17.3. The van der Waals surface area contributed by atoms with Crippen molar-refractivity contribution in [2.24, 2.45) is 0 Å². The van der Waals surface area contributed by atoms with E-state index in [0.717, 1.165) is 30.8 Å². The fourth-order valence-electron chi connectivity index (χ4n) is 3.31. The van der Waals surface area contributed by atoms with Crippen molar-refractivity contribution in [3.05, 3.63) is 46.6 Å². The number of hydrogen-bond acceptors (Lipinski definition) is 7. The van der Waals surface area contributed by atoms with Crippen molar-refractivity contribution in [3.63, 3.8) is 0 Å². The van der Waals surface area contributed by atoms with Crippen molar-refractivity contribution in [1.82, 2.24) is 19.7 Å². The smallest absolute Gasteiger partial charge is 0.236 e. The zero-order valence-corrected chi connectivity index (χ0v) is 19.6. The van der Waals surface area contributed by atoms with Crippen LogP contribution in [0.1, 0.15) is 12.8 Å². The number of anilines is 1. The van der Waals surface area contributed by atoms with Gasteiger partial charge in [0.1, 0.15) is 5.75 Å². The summed E-state index contributed by atoms with van der Waals surface area (Å²) in [5.74, 6) is 1.60. The number of thioether (sulfide) groups is 1. The van der Waals surface area contributed by atoms with E-state index in [1.165, 1.54) is 24.0 Å². The van der Waals surface area contributed by atoms with Crippen molar-refractivity contribution in [3.8, 4) is 17.1 Å². The molecular weight excluding hydrogens is 473 g/mol. The van der Waals surface area contributed by atoms with Crippen molar-refractivity contribution < 1.29 is 14.3 Å².